The molecular formula is C28H21FNNaO3S. The predicted molar refractivity (Wildman–Crippen MR) is 132 cm³/mol. The zero-order chi connectivity index (χ0) is 23.5. The number of ether oxygens (including phenoxy) is 1. The number of carboxylic acids is 1. The molecule has 1 aromatic heterocycles. The Hall–Kier alpha value is -2.64. The molecule has 5 rings (SSSR count). The smallest absolute Gasteiger partial charge is 0.550 e. The Labute approximate surface area is 229 Å². The fourth-order valence-corrected chi connectivity index (χ4v) is 5.37. The summed E-state index contributed by atoms with van der Waals surface area (Å²) in [6.45, 7) is 0.466. The summed E-state index contributed by atoms with van der Waals surface area (Å²) in [5.74, 6) is -0.128. The molecule has 170 valence electrons. The first-order valence-corrected chi connectivity index (χ1v) is 12.0. The minimum absolute atomic E-state index is 0. The Balaban J connectivity index is 0.00000289. The number of carboxylic acid groups (broad SMARTS) is 1. The van der Waals surface area contributed by atoms with Crippen LogP contribution in [0.5, 0.6) is 5.75 Å². The van der Waals surface area contributed by atoms with Crippen LogP contribution in [0.1, 0.15) is 39.6 Å². The van der Waals surface area contributed by atoms with Crippen LogP contribution in [0.25, 0.3) is 23.1 Å². The van der Waals surface area contributed by atoms with E-state index in [1.807, 2.05) is 54.6 Å². The summed E-state index contributed by atoms with van der Waals surface area (Å²) in [4.78, 5) is 15.5. The van der Waals surface area contributed by atoms with Crippen molar-refractivity contribution in [3.05, 3.63) is 107 Å². The maximum atomic E-state index is 13.6. The summed E-state index contributed by atoms with van der Waals surface area (Å²) in [5, 5.41) is 11.8. The van der Waals surface area contributed by atoms with Gasteiger partial charge in [0.2, 0.25) is 0 Å². The molecule has 0 saturated heterocycles. The number of hydrogen-bond donors (Lipinski definition) is 0. The molecule has 1 atom stereocenters. The molecule has 3 aromatic carbocycles. The quantitative estimate of drug-likeness (QED) is 0.386. The largest absolute Gasteiger partial charge is 1.00 e. The first-order chi connectivity index (χ1) is 16.6. The third-order valence-corrected chi connectivity index (χ3v) is 7.03. The molecule has 0 aliphatic carbocycles. The molecule has 0 bridgehead atoms. The molecule has 1 aliphatic rings. The summed E-state index contributed by atoms with van der Waals surface area (Å²) >= 11 is 1.58. The van der Waals surface area contributed by atoms with Crippen LogP contribution in [0, 0.1) is 5.82 Å². The van der Waals surface area contributed by atoms with Gasteiger partial charge in [0.05, 0.1) is 16.5 Å². The molecule has 1 unspecified atom stereocenters. The van der Waals surface area contributed by atoms with Gasteiger partial charge in [-0.05, 0) is 65.3 Å². The van der Waals surface area contributed by atoms with Crippen molar-refractivity contribution in [2.75, 3.05) is 5.75 Å². The predicted octanol–water partition coefficient (Wildman–Crippen LogP) is 2.40. The maximum absolute atomic E-state index is 13.6. The van der Waals surface area contributed by atoms with Crippen LogP contribution in [0.4, 0.5) is 4.39 Å². The summed E-state index contributed by atoms with van der Waals surface area (Å²) < 4.78 is 19.7. The number of fused-ring (bicyclic) bond motifs is 3. The number of carbonyl (C=O) groups excluding carboxylic acids is 1. The van der Waals surface area contributed by atoms with E-state index in [4.69, 9.17) is 4.74 Å². The van der Waals surface area contributed by atoms with Crippen molar-refractivity contribution in [1.82, 2.24) is 4.98 Å². The Morgan fingerprint density at radius 2 is 1.89 bits per heavy atom. The third-order valence-electron chi connectivity index (χ3n) is 5.75. The average molecular weight is 494 g/mol. The van der Waals surface area contributed by atoms with Gasteiger partial charge in [0.15, 0.2) is 0 Å². The van der Waals surface area contributed by atoms with E-state index >= 15 is 0 Å². The van der Waals surface area contributed by atoms with Crippen LogP contribution in [0.2, 0.25) is 0 Å². The van der Waals surface area contributed by atoms with Gasteiger partial charge in [0.1, 0.15) is 18.2 Å². The Morgan fingerprint density at radius 1 is 1.06 bits per heavy atom. The summed E-state index contributed by atoms with van der Waals surface area (Å²) in [6, 6.07) is 22.5. The molecule has 7 heteroatoms. The van der Waals surface area contributed by atoms with Crippen LogP contribution in [-0.2, 0) is 11.4 Å². The molecule has 0 N–H and O–H groups in total. The molecule has 0 spiro atoms. The second-order valence-corrected chi connectivity index (χ2v) is 9.28. The molecule has 35 heavy (non-hydrogen) atoms. The number of hydrogen-bond acceptors (Lipinski definition) is 5. The Bertz CT molecular complexity index is 1410. The molecule has 4 nitrogen and oxygen atoms in total. The van der Waals surface area contributed by atoms with Crippen LogP contribution in [-0.4, -0.2) is 16.7 Å². The minimum Gasteiger partial charge on any atom is -0.550 e. The number of thioether (sulfide) groups is 1. The number of benzene rings is 3. The van der Waals surface area contributed by atoms with E-state index in [0.29, 0.717) is 17.9 Å². The molecule has 0 fully saturated rings. The minimum atomic E-state index is -1.05. The number of aromatic nitrogens is 1. The summed E-state index contributed by atoms with van der Waals surface area (Å²) in [5.41, 5.74) is 5.53. The summed E-state index contributed by atoms with van der Waals surface area (Å²) in [6.07, 6.45) is 3.86. The van der Waals surface area contributed by atoms with Crippen molar-refractivity contribution in [3.63, 3.8) is 0 Å². The number of aliphatic carboxylic acids is 1. The van der Waals surface area contributed by atoms with Gasteiger partial charge in [-0.2, -0.15) is 0 Å². The zero-order valence-electron chi connectivity index (χ0n) is 19.2. The first-order valence-electron chi connectivity index (χ1n) is 11.0. The topological polar surface area (TPSA) is 62.2 Å². The van der Waals surface area contributed by atoms with E-state index in [0.717, 1.165) is 39.1 Å². The van der Waals surface area contributed by atoms with Crippen molar-refractivity contribution in [2.24, 2.45) is 0 Å². The zero-order valence-corrected chi connectivity index (χ0v) is 22.1. The van der Waals surface area contributed by atoms with E-state index in [9.17, 15) is 14.3 Å². The van der Waals surface area contributed by atoms with Gasteiger partial charge in [0, 0.05) is 23.0 Å². The normalized spacial score (nSPS) is 14.5. The molecule has 0 amide bonds. The molecule has 1 aliphatic heterocycles. The Kier molecular flexibility index (Phi) is 8.29. The van der Waals surface area contributed by atoms with Crippen molar-refractivity contribution < 1.29 is 48.6 Å². The molecule has 2 heterocycles. The van der Waals surface area contributed by atoms with E-state index in [2.05, 4.69) is 17.1 Å². The van der Waals surface area contributed by atoms with Crippen LogP contribution < -0.4 is 39.4 Å². The Morgan fingerprint density at radius 3 is 2.74 bits per heavy atom. The second kappa shape index (κ2) is 11.4. The van der Waals surface area contributed by atoms with Crippen LogP contribution >= 0.6 is 11.8 Å². The van der Waals surface area contributed by atoms with Gasteiger partial charge in [0.25, 0.3) is 0 Å². The van der Waals surface area contributed by atoms with Gasteiger partial charge < -0.3 is 14.6 Å². The van der Waals surface area contributed by atoms with Crippen molar-refractivity contribution in [1.29, 1.82) is 0 Å². The number of halogens is 1. The van der Waals surface area contributed by atoms with Gasteiger partial charge >= 0.3 is 29.6 Å². The monoisotopic (exact) mass is 493 g/mol. The first kappa shape index (κ1) is 25.5. The molecule has 4 aromatic rings. The van der Waals surface area contributed by atoms with E-state index in [1.54, 1.807) is 17.8 Å². The molecule has 0 radical (unpaired) electrons. The van der Waals surface area contributed by atoms with E-state index < -0.39 is 5.97 Å². The maximum Gasteiger partial charge on any atom is 1.00 e. The van der Waals surface area contributed by atoms with Gasteiger partial charge in [-0.15, -0.1) is 11.8 Å². The number of pyridine rings is 1. The SMILES string of the molecule is O=C([O-])CCSC1c2ccccc2COc2ccc(C=Cc3ccc4ccc(F)cc4n3)cc21.[Na+]. The standard InChI is InChI=1S/C28H22FNO3S.Na/c29-21-9-7-19-8-11-22(30-25(19)16-21)10-5-18-6-12-26-24(15-18)28(34-14-13-27(31)32)23-4-2-1-3-20(23)17-33-26;/h1-12,15-16,28H,13-14,17H2,(H,31,32);/q;+1/p-1. The van der Waals surface area contributed by atoms with Crippen LogP contribution in [0.15, 0.2) is 72.8 Å². The van der Waals surface area contributed by atoms with E-state index in [1.165, 1.54) is 12.1 Å². The van der Waals surface area contributed by atoms with Crippen molar-refractivity contribution in [2.45, 2.75) is 18.3 Å². The second-order valence-electron chi connectivity index (χ2n) is 8.06. The number of carbonyl (C=O) groups is 1. The number of nitrogens with zero attached hydrogens (tertiary/aromatic N) is 1. The van der Waals surface area contributed by atoms with Crippen LogP contribution in [0.3, 0.4) is 0 Å². The fraction of sp³-hybridized carbons (Fsp3) is 0.143. The molecule has 0 saturated carbocycles. The van der Waals surface area contributed by atoms with Crippen molar-refractivity contribution >= 4 is 40.8 Å². The van der Waals surface area contributed by atoms with Gasteiger partial charge in [-0.1, -0.05) is 42.5 Å². The molecular weight excluding hydrogens is 472 g/mol. The number of rotatable bonds is 6. The van der Waals surface area contributed by atoms with Gasteiger partial charge in [-0.3, -0.25) is 0 Å². The van der Waals surface area contributed by atoms with Crippen molar-refractivity contribution in [3.8, 4) is 5.75 Å². The summed E-state index contributed by atoms with van der Waals surface area (Å²) in [7, 11) is 0. The van der Waals surface area contributed by atoms with E-state index in [-0.39, 0.29) is 47.0 Å². The fourth-order valence-electron chi connectivity index (χ4n) is 4.07. The third kappa shape index (κ3) is 5.96. The average Bonchev–Trinajstić information content (AvgIpc) is 2.99. The van der Waals surface area contributed by atoms with Gasteiger partial charge in [-0.25, -0.2) is 9.37 Å².